The van der Waals surface area contributed by atoms with Crippen LogP contribution in [0.5, 0.6) is 5.75 Å². The first kappa shape index (κ1) is 17.4. The van der Waals surface area contributed by atoms with Crippen molar-refractivity contribution in [3.8, 4) is 5.75 Å². The minimum absolute atomic E-state index is 0.112. The Kier molecular flexibility index (Phi) is 5.12. The predicted octanol–water partition coefficient (Wildman–Crippen LogP) is 1.18. The van der Waals surface area contributed by atoms with Gasteiger partial charge in [0.15, 0.2) is 11.3 Å². The fourth-order valence-electron chi connectivity index (χ4n) is 2.47. The van der Waals surface area contributed by atoms with Crippen LogP contribution in [-0.4, -0.2) is 28.8 Å². The molecular formula is C18H17N3O5. The Balaban J connectivity index is 1.78. The summed E-state index contributed by atoms with van der Waals surface area (Å²) in [5, 5.41) is 7.07. The van der Waals surface area contributed by atoms with Gasteiger partial charge in [-0.05, 0) is 25.1 Å². The lowest BCUT2D eigenvalue weighted by molar-refractivity contribution is 0.0948. The van der Waals surface area contributed by atoms with E-state index in [1.54, 1.807) is 18.2 Å². The largest absolute Gasteiger partial charge is 0.490 e. The van der Waals surface area contributed by atoms with Crippen LogP contribution in [0, 0.1) is 0 Å². The van der Waals surface area contributed by atoms with Crippen molar-refractivity contribution in [2.75, 3.05) is 13.2 Å². The molecule has 0 spiro atoms. The number of carbonyl (C=O) groups is 1. The van der Waals surface area contributed by atoms with Gasteiger partial charge in [-0.2, -0.15) is 5.10 Å². The molecule has 0 aliphatic heterocycles. The topological polar surface area (TPSA) is 103 Å². The lowest BCUT2D eigenvalue weighted by Gasteiger charge is -2.08. The van der Waals surface area contributed by atoms with Crippen LogP contribution < -0.4 is 21.2 Å². The summed E-state index contributed by atoms with van der Waals surface area (Å²) in [6, 6.07) is 9.55. The van der Waals surface area contributed by atoms with E-state index in [0.717, 1.165) is 0 Å². The number of fused-ring (bicyclic) bond motifs is 1. The maximum atomic E-state index is 12.3. The van der Waals surface area contributed by atoms with Gasteiger partial charge < -0.3 is 14.5 Å². The van der Waals surface area contributed by atoms with E-state index in [2.05, 4.69) is 10.4 Å². The van der Waals surface area contributed by atoms with Crippen LogP contribution in [0.3, 0.4) is 0 Å². The molecule has 1 aromatic carbocycles. The van der Waals surface area contributed by atoms with E-state index < -0.39 is 11.5 Å². The van der Waals surface area contributed by atoms with Gasteiger partial charge in [0.1, 0.15) is 5.56 Å². The average molecular weight is 355 g/mol. The van der Waals surface area contributed by atoms with Gasteiger partial charge in [-0.15, -0.1) is 0 Å². The van der Waals surface area contributed by atoms with E-state index in [9.17, 15) is 14.4 Å². The maximum Gasteiger partial charge on any atom is 0.349 e. The van der Waals surface area contributed by atoms with Crippen LogP contribution in [0.25, 0.3) is 11.0 Å². The SMILES string of the molecule is CCOc1cccc2cc(C(=O)NCCn3ncccc3=O)c(=O)oc12. The highest BCUT2D eigenvalue weighted by Gasteiger charge is 2.15. The Morgan fingerprint density at radius 2 is 2.12 bits per heavy atom. The van der Waals surface area contributed by atoms with E-state index in [0.29, 0.717) is 23.3 Å². The van der Waals surface area contributed by atoms with Gasteiger partial charge in [-0.1, -0.05) is 12.1 Å². The summed E-state index contributed by atoms with van der Waals surface area (Å²) in [5.41, 5.74) is -0.831. The molecular weight excluding hydrogens is 338 g/mol. The third-order valence-corrected chi connectivity index (χ3v) is 3.66. The number of aromatic nitrogens is 2. The first-order valence-corrected chi connectivity index (χ1v) is 8.10. The van der Waals surface area contributed by atoms with Gasteiger partial charge in [0, 0.05) is 24.2 Å². The molecule has 1 amide bonds. The quantitative estimate of drug-likeness (QED) is 0.666. The van der Waals surface area contributed by atoms with E-state index in [4.69, 9.17) is 9.15 Å². The Hall–Kier alpha value is -3.42. The third kappa shape index (κ3) is 3.64. The number of amides is 1. The highest BCUT2D eigenvalue weighted by molar-refractivity contribution is 5.97. The molecule has 0 fully saturated rings. The zero-order valence-corrected chi connectivity index (χ0v) is 14.1. The van der Waals surface area contributed by atoms with E-state index in [1.807, 2.05) is 6.92 Å². The molecule has 0 saturated heterocycles. The van der Waals surface area contributed by atoms with Crippen molar-refractivity contribution in [2.24, 2.45) is 0 Å². The van der Waals surface area contributed by atoms with Crippen molar-refractivity contribution in [3.05, 3.63) is 68.9 Å². The number of ether oxygens (including phenoxy) is 1. The standard InChI is InChI=1S/C18H17N3O5/c1-2-25-14-6-3-5-12-11-13(18(24)26-16(12)14)17(23)19-9-10-21-15(22)7-4-8-20-21/h3-8,11H,2,9-10H2,1H3,(H,19,23). The smallest absolute Gasteiger partial charge is 0.349 e. The summed E-state index contributed by atoms with van der Waals surface area (Å²) in [7, 11) is 0. The van der Waals surface area contributed by atoms with Crippen molar-refractivity contribution < 1.29 is 13.9 Å². The van der Waals surface area contributed by atoms with Crippen molar-refractivity contribution >= 4 is 16.9 Å². The molecule has 0 atom stereocenters. The third-order valence-electron chi connectivity index (χ3n) is 3.66. The molecule has 3 rings (SSSR count). The maximum absolute atomic E-state index is 12.3. The second-order valence-corrected chi connectivity index (χ2v) is 5.40. The Morgan fingerprint density at radius 1 is 1.27 bits per heavy atom. The first-order chi connectivity index (χ1) is 12.6. The molecule has 0 saturated carbocycles. The van der Waals surface area contributed by atoms with E-state index in [1.165, 1.54) is 29.1 Å². The second-order valence-electron chi connectivity index (χ2n) is 5.40. The van der Waals surface area contributed by atoms with Crippen LogP contribution in [0.4, 0.5) is 0 Å². The summed E-state index contributed by atoms with van der Waals surface area (Å²) >= 11 is 0. The molecule has 8 heteroatoms. The molecule has 1 N–H and O–H groups in total. The number of hydrogen-bond acceptors (Lipinski definition) is 6. The lowest BCUT2D eigenvalue weighted by Crippen LogP contribution is -2.33. The number of carbonyl (C=O) groups excluding carboxylic acids is 1. The van der Waals surface area contributed by atoms with Gasteiger partial charge in [-0.25, -0.2) is 9.48 Å². The van der Waals surface area contributed by atoms with Crippen molar-refractivity contribution in [2.45, 2.75) is 13.5 Å². The molecule has 2 heterocycles. The number of rotatable bonds is 6. The molecule has 0 aliphatic rings. The predicted molar refractivity (Wildman–Crippen MR) is 94.5 cm³/mol. The number of nitrogens with one attached hydrogen (secondary N) is 1. The zero-order valence-electron chi connectivity index (χ0n) is 14.1. The monoisotopic (exact) mass is 355 g/mol. The molecule has 8 nitrogen and oxygen atoms in total. The van der Waals surface area contributed by atoms with Gasteiger partial charge >= 0.3 is 5.63 Å². The fraction of sp³-hybridized carbons (Fsp3) is 0.222. The minimum atomic E-state index is -0.753. The van der Waals surface area contributed by atoms with Gasteiger partial charge in [-0.3, -0.25) is 9.59 Å². The van der Waals surface area contributed by atoms with Gasteiger partial charge in [0.05, 0.1) is 13.2 Å². The number of para-hydroxylation sites is 1. The number of benzene rings is 1. The first-order valence-electron chi connectivity index (χ1n) is 8.10. The fourth-order valence-corrected chi connectivity index (χ4v) is 2.47. The van der Waals surface area contributed by atoms with Crippen LogP contribution in [-0.2, 0) is 6.54 Å². The molecule has 134 valence electrons. The average Bonchev–Trinajstić information content (AvgIpc) is 2.63. The van der Waals surface area contributed by atoms with E-state index >= 15 is 0 Å². The van der Waals surface area contributed by atoms with Crippen LogP contribution in [0.1, 0.15) is 17.3 Å². The summed E-state index contributed by atoms with van der Waals surface area (Å²) in [4.78, 5) is 36.0. The Bertz CT molecular complexity index is 1050. The Labute approximate surface area is 148 Å². The molecule has 0 aliphatic carbocycles. The van der Waals surface area contributed by atoms with Gasteiger partial charge in [0.2, 0.25) is 0 Å². The van der Waals surface area contributed by atoms with Gasteiger partial charge in [0.25, 0.3) is 11.5 Å². The molecule has 2 aromatic heterocycles. The molecule has 26 heavy (non-hydrogen) atoms. The van der Waals surface area contributed by atoms with E-state index in [-0.39, 0.29) is 24.2 Å². The number of nitrogens with zero attached hydrogens (tertiary/aromatic N) is 2. The van der Waals surface area contributed by atoms with Crippen molar-refractivity contribution in [3.63, 3.8) is 0 Å². The van der Waals surface area contributed by atoms with Crippen molar-refractivity contribution in [1.82, 2.24) is 15.1 Å². The van der Waals surface area contributed by atoms with Crippen LogP contribution >= 0.6 is 0 Å². The lowest BCUT2D eigenvalue weighted by atomic mass is 10.1. The minimum Gasteiger partial charge on any atom is -0.490 e. The second kappa shape index (κ2) is 7.64. The van der Waals surface area contributed by atoms with Crippen LogP contribution in [0.15, 0.2) is 56.6 Å². The summed E-state index contributed by atoms with van der Waals surface area (Å²) in [5.74, 6) is -0.130. The van der Waals surface area contributed by atoms with Crippen LogP contribution in [0.2, 0.25) is 0 Å². The summed E-state index contributed by atoms with van der Waals surface area (Å²) in [6.07, 6.45) is 1.48. The molecule has 0 bridgehead atoms. The van der Waals surface area contributed by atoms with Crippen molar-refractivity contribution in [1.29, 1.82) is 0 Å². The molecule has 0 unspecified atom stereocenters. The zero-order chi connectivity index (χ0) is 18.5. The Morgan fingerprint density at radius 3 is 2.88 bits per heavy atom. The highest BCUT2D eigenvalue weighted by atomic mass is 16.5. The molecule has 3 aromatic rings. The summed E-state index contributed by atoms with van der Waals surface area (Å²) in [6.45, 7) is 2.59. The molecule has 0 radical (unpaired) electrons. The highest BCUT2D eigenvalue weighted by Crippen LogP contribution is 2.24. The summed E-state index contributed by atoms with van der Waals surface area (Å²) < 4.78 is 11.9. The normalized spacial score (nSPS) is 10.7. The number of hydrogen-bond donors (Lipinski definition) is 1.